The number of aliphatic hydroxyl groups excluding tert-OH is 1. The standard InChI is InChI=1S/C17H23NO2S/c1-3-17(4-2)9-11-18(12-10-17)16(20)15-8-7-14(21-15)6-5-13-19/h7-8,19H,3-4,9-13H2,1-2H3. The zero-order valence-corrected chi connectivity index (χ0v) is 13.6. The van der Waals surface area contributed by atoms with Crippen LogP contribution in [0.4, 0.5) is 0 Å². The molecule has 0 aromatic carbocycles. The molecule has 0 bridgehead atoms. The molecule has 1 amide bonds. The highest BCUT2D eigenvalue weighted by atomic mass is 32.1. The lowest BCUT2D eigenvalue weighted by Crippen LogP contribution is -2.42. The first-order valence-electron chi connectivity index (χ1n) is 7.63. The molecule has 0 spiro atoms. The number of thiophene rings is 1. The van der Waals surface area contributed by atoms with Crippen LogP contribution in [0.15, 0.2) is 12.1 Å². The molecule has 21 heavy (non-hydrogen) atoms. The summed E-state index contributed by atoms with van der Waals surface area (Å²) in [6.45, 7) is 6.08. The van der Waals surface area contributed by atoms with E-state index in [0.29, 0.717) is 5.41 Å². The Morgan fingerprint density at radius 2 is 2.00 bits per heavy atom. The van der Waals surface area contributed by atoms with Gasteiger partial charge in [-0.2, -0.15) is 0 Å². The van der Waals surface area contributed by atoms with Gasteiger partial charge in [-0.05, 0) is 30.4 Å². The average Bonchev–Trinajstić information content (AvgIpc) is 3.01. The molecule has 0 atom stereocenters. The zero-order chi connectivity index (χ0) is 15.3. The molecule has 1 aromatic rings. The van der Waals surface area contributed by atoms with Crippen LogP contribution in [0, 0.1) is 17.3 Å². The van der Waals surface area contributed by atoms with E-state index < -0.39 is 0 Å². The Balaban J connectivity index is 2.00. The number of nitrogens with zero attached hydrogens (tertiary/aromatic N) is 1. The van der Waals surface area contributed by atoms with Crippen molar-refractivity contribution in [3.63, 3.8) is 0 Å². The fourth-order valence-electron chi connectivity index (χ4n) is 2.94. The lowest BCUT2D eigenvalue weighted by atomic mass is 9.74. The third-order valence-corrected chi connectivity index (χ3v) is 5.71. The second-order valence-electron chi connectivity index (χ2n) is 5.62. The Hall–Kier alpha value is -1.31. The van der Waals surface area contributed by atoms with Gasteiger partial charge in [0.1, 0.15) is 6.61 Å². The number of carbonyl (C=O) groups excluding carboxylic acids is 1. The summed E-state index contributed by atoms with van der Waals surface area (Å²) in [4.78, 5) is 16.1. The third kappa shape index (κ3) is 3.66. The molecule has 1 N–H and O–H groups in total. The van der Waals surface area contributed by atoms with Crippen LogP contribution < -0.4 is 0 Å². The first-order chi connectivity index (χ1) is 10.1. The summed E-state index contributed by atoms with van der Waals surface area (Å²) in [5, 5.41) is 8.70. The minimum Gasteiger partial charge on any atom is -0.384 e. The van der Waals surface area contributed by atoms with Gasteiger partial charge in [-0.3, -0.25) is 4.79 Å². The van der Waals surface area contributed by atoms with Crippen molar-refractivity contribution in [1.82, 2.24) is 4.90 Å². The maximum Gasteiger partial charge on any atom is 0.263 e. The highest BCUT2D eigenvalue weighted by Gasteiger charge is 2.33. The molecular weight excluding hydrogens is 282 g/mol. The number of aliphatic hydroxyl groups is 1. The van der Waals surface area contributed by atoms with Gasteiger partial charge < -0.3 is 10.0 Å². The van der Waals surface area contributed by atoms with Gasteiger partial charge in [0.05, 0.1) is 9.75 Å². The van der Waals surface area contributed by atoms with Crippen LogP contribution in [0.2, 0.25) is 0 Å². The van der Waals surface area contributed by atoms with E-state index in [2.05, 4.69) is 25.7 Å². The van der Waals surface area contributed by atoms with Crippen molar-refractivity contribution in [2.45, 2.75) is 39.5 Å². The molecule has 2 heterocycles. The van der Waals surface area contributed by atoms with Crippen LogP contribution >= 0.6 is 11.3 Å². The van der Waals surface area contributed by atoms with Crippen LogP contribution in [0.3, 0.4) is 0 Å². The second kappa shape index (κ2) is 7.11. The number of likely N-dealkylation sites (tertiary alicyclic amines) is 1. The number of hydrogen-bond donors (Lipinski definition) is 1. The number of rotatable bonds is 3. The summed E-state index contributed by atoms with van der Waals surface area (Å²) < 4.78 is 0. The van der Waals surface area contributed by atoms with Crippen molar-refractivity contribution in [2.75, 3.05) is 19.7 Å². The van der Waals surface area contributed by atoms with Gasteiger partial charge in [-0.1, -0.05) is 38.5 Å². The Morgan fingerprint density at radius 3 is 2.57 bits per heavy atom. The van der Waals surface area contributed by atoms with E-state index in [9.17, 15) is 4.79 Å². The second-order valence-corrected chi connectivity index (χ2v) is 6.71. The van der Waals surface area contributed by atoms with Gasteiger partial charge in [0.2, 0.25) is 0 Å². The number of piperidine rings is 1. The Labute approximate surface area is 131 Å². The van der Waals surface area contributed by atoms with Gasteiger partial charge in [0.25, 0.3) is 5.91 Å². The predicted octanol–water partition coefficient (Wildman–Crippen LogP) is 3.13. The highest BCUT2D eigenvalue weighted by Crippen LogP contribution is 2.38. The maximum atomic E-state index is 12.5. The third-order valence-electron chi connectivity index (χ3n) is 4.72. The van der Waals surface area contributed by atoms with Gasteiger partial charge in [-0.25, -0.2) is 0 Å². The number of amides is 1. The van der Waals surface area contributed by atoms with Crippen LogP contribution in [-0.4, -0.2) is 35.6 Å². The smallest absolute Gasteiger partial charge is 0.263 e. The van der Waals surface area contributed by atoms with Crippen molar-refractivity contribution >= 4 is 17.2 Å². The van der Waals surface area contributed by atoms with Crippen molar-refractivity contribution < 1.29 is 9.90 Å². The molecule has 1 aromatic heterocycles. The van der Waals surface area contributed by atoms with Crippen molar-refractivity contribution in [3.8, 4) is 11.8 Å². The number of carbonyl (C=O) groups is 1. The molecule has 114 valence electrons. The summed E-state index contributed by atoms with van der Waals surface area (Å²) in [5.41, 5.74) is 0.435. The lowest BCUT2D eigenvalue weighted by Gasteiger charge is -2.40. The van der Waals surface area contributed by atoms with Gasteiger partial charge >= 0.3 is 0 Å². The Kier molecular flexibility index (Phi) is 5.44. The fraction of sp³-hybridized carbons (Fsp3) is 0.588. The lowest BCUT2D eigenvalue weighted by molar-refractivity contribution is 0.0562. The van der Waals surface area contributed by atoms with Crippen molar-refractivity contribution in [2.24, 2.45) is 5.41 Å². The van der Waals surface area contributed by atoms with Crippen molar-refractivity contribution in [3.05, 3.63) is 21.9 Å². The molecule has 1 saturated heterocycles. The molecule has 1 fully saturated rings. The molecular formula is C17H23NO2S. The van der Waals surface area contributed by atoms with Crippen LogP contribution in [-0.2, 0) is 0 Å². The van der Waals surface area contributed by atoms with Gasteiger partial charge in [0, 0.05) is 13.1 Å². The van der Waals surface area contributed by atoms with Crippen LogP contribution in [0.25, 0.3) is 0 Å². The molecule has 0 saturated carbocycles. The van der Waals surface area contributed by atoms with E-state index >= 15 is 0 Å². The minimum atomic E-state index is -0.149. The van der Waals surface area contributed by atoms with Gasteiger partial charge in [0.15, 0.2) is 0 Å². The molecule has 1 aliphatic rings. The SMILES string of the molecule is CCC1(CC)CCN(C(=O)c2ccc(C#CCO)s2)CC1. The molecule has 0 unspecified atom stereocenters. The van der Waals surface area contributed by atoms with Crippen LogP contribution in [0.1, 0.15) is 54.1 Å². The number of hydrogen-bond acceptors (Lipinski definition) is 3. The largest absolute Gasteiger partial charge is 0.384 e. The summed E-state index contributed by atoms with van der Waals surface area (Å²) in [7, 11) is 0. The molecule has 1 aliphatic heterocycles. The van der Waals surface area contributed by atoms with E-state index in [4.69, 9.17) is 5.11 Å². The molecule has 0 aliphatic carbocycles. The van der Waals surface area contributed by atoms with E-state index in [1.54, 1.807) is 0 Å². The summed E-state index contributed by atoms with van der Waals surface area (Å²) in [6.07, 6.45) is 4.61. The van der Waals surface area contributed by atoms with E-state index in [-0.39, 0.29) is 12.5 Å². The Morgan fingerprint density at radius 1 is 1.33 bits per heavy atom. The van der Waals surface area contributed by atoms with Gasteiger partial charge in [-0.15, -0.1) is 11.3 Å². The molecule has 2 rings (SSSR count). The topological polar surface area (TPSA) is 40.5 Å². The first-order valence-corrected chi connectivity index (χ1v) is 8.44. The fourth-order valence-corrected chi connectivity index (χ4v) is 3.79. The van der Waals surface area contributed by atoms with E-state index in [0.717, 1.165) is 35.7 Å². The zero-order valence-electron chi connectivity index (χ0n) is 12.8. The molecule has 0 radical (unpaired) electrons. The average molecular weight is 305 g/mol. The molecule has 4 heteroatoms. The van der Waals surface area contributed by atoms with Crippen molar-refractivity contribution in [1.29, 1.82) is 0 Å². The normalized spacial score (nSPS) is 17.2. The summed E-state index contributed by atoms with van der Waals surface area (Å²) >= 11 is 1.41. The van der Waals surface area contributed by atoms with Crippen LogP contribution in [0.5, 0.6) is 0 Å². The van der Waals surface area contributed by atoms with E-state index in [1.165, 1.54) is 24.2 Å². The molecule has 3 nitrogen and oxygen atoms in total. The first kappa shape index (κ1) is 16.1. The Bertz CT molecular complexity index is 539. The minimum absolute atomic E-state index is 0.123. The predicted molar refractivity (Wildman–Crippen MR) is 86.4 cm³/mol. The quantitative estimate of drug-likeness (QED) is 0.872. The summed E-state index contributed by atoms with van der Waals surface area (Å²) in [6, 6.07) is 3.70. The highest BCUT2D eigenvalue weighted by molar-refractivity contribution is 7.14. The maximum absolute atomic E-state index is 12.5. The monoisotopic (exact) mass is 305 g/mol. The van der Waals surface area contributed by atoms with E-state index in [1.807, 2.05) is 17.0 Å². The summed E-state index contributed by atoms with van der Waals surface area (Å²) in [5.74, 6) is 5.59.